The third-order valence-electron chi connectivity index (χ3n) is 2.45. The van der Waals surface area contributed by atoms with Crippen LogP contribution in [0.3, 0.4) is 0 Å². The van der Waals surface area contributed by atoms with E-state index in [1.165, 1.54) is 42.5 Å². The number of aromatic carboxylic acids is 1. The Morgan fingerprint density at radius 2 is 1.85 bits per heavy atom. The van der Waals surface area contributed by atoms with Crippen LogP contribution in [0.15, 0.2) is 42.5 Å². The summed E-state index contributed by atoms with van der Waals surface area (Å²) in [6, 6.07) is 9.42. The normalized spacial score (nSPS) is 10.1. The Labute approximate surface area is 118 Å². The minimum atomic E-state index is -1.10. The van der Waals surface area contributed by atoms with Gasteiger partial charge < -0.3 is 9.84 Å². The number of non-ortho nitro benzene ring substituents is 1. The van der Waals surface area contributed by atoms with Gasteiger partial charge in [-0.2, -0.15) is 0 Å². The minimum absolute atomic E-state index is 0.0336. The molecule has 0 aliphatic rings. The molecule has 0 fully saturated rings. The van der Waals surface area contributed by atoms with Gasteiger partial charge in [0, 0.05) is 12.1 Å². The smallest absolute Gasteiger partial charge is 0.335 e. The van der Waals surface area contributed by atoms with Crippen LogP contribution in [-0.2, 0) is 0 Å². The Balaban J connectivity index is 2.27. The molecule has 2 aromatic rings. The van der Waals surface area contributed by atoms with Gasteiger partial charge in [-0.25, -0.2) is 4.79 Å². The van der Waals surface area contributed by atoms with Gasteiger partial charge in [0.2, 0.25) is 0 Å². The van der Waals surface area contributed by atoms with Gasteiger partial charge in [-0.1, -0.05) is 11.6 Å². The molecule has 7 heteroatoms. The van der Waals surface area contributed by atoms with Crippen molar-refractivity contribution in [2.75, 3.05) is 0 Å². The monoisotopic (exact) mass is 293 g/mol. The minimum Gasteiger partial charge on any atom is -0.478 e. The van der Waals surface area contributed by atoms with Crippen LogP contribution in [0, 0.1) is 10.1 Å². The number of carboxylic acid groups (broad SMARTS) is 1. The summed E-state index contributed by atoms with van der Waals surface area (Å²) in [6.07, 6.45) is 0. The van der Waals surface area contributed by atoms with Crippen molar-refractivity contribution in [1.29, 1.82) is 0 Å². The first kappa shape index (κ1) is 13.8. The van der Waals surface area contributed by atoms with Gasteiger partial charge in [0.05, 0.1) is 15.5 Å². The van der Waals surface area contributed by atoms with E-state index in [1.807, 2.05) is 0 Å². The standard InChI is InChI=1S/C13H8ClNO5/c14-11-6-1-8(13(16)17)7-12(11)20-10-4-2-9(3-5-10)15(18)19/h1-7H,(H,16,17). The van der Waals surface area contributed by atoms with E-state index in [9.17, 15) is 14.9 Å². The molecule has 0 aliphatic carbocycles. The number of nitro groups is 1. The first-order valence-corrected chi connectivity index (χ1v) is 5.80. The average Bonchev–Trinajstić information content (AvgIpc) is 2.41. The van der Waals surface area contributed by atoms with E-state index in [1.54, 1.807) is 0 Å². The summed E-state index contributed by atoms with van der Waals surface area (Å²) < 4.78 is 5.42. The molecule has 102 valence electrons. The number of hydrogen-bond acceptors (Lipinski definition) is 4. The summed E-state index contributed by atoms with van der Waals surface area (Å²) in [5.41, 5.74) is -0.0333. The Morgan fingerprint density at radius 1 is 1.20 bits per heavy atom. The van der Waals surface area contributed by atoms with Crippen molar-refractivity contribution in [1.82, 2.24) is 0 Å². The quantitative estimate of drug-likeness (QED) is 0.685. The Hall–Kier alpha value is -2.60. The molecular weight excluding hydrogens is 286 g/mol. The highest BCUT2D eigenvalue weighted by Crippen LogP contribution is 2.31. The van der Waals surface area contributed by atoms with Crippen molar-refractivity contribution < 1.29 is 19.6 Å². The number of ether oxygens (including phenoxy) is 1. The highest BCUT2D eigenvalue weighted by atomic mass is 35.5. The van der Waals surface area contributed by atoms with E-state index in [2.05, 4.69) is 0 Å². The molecule has 0 aliphatic heterocycles. The zero-order valence-electron chi connectivity index (χ0n) is 9.95. The predicted molar refractivity (Wildman–Crippen MR) is 71.6 cm³/mol. The first-order chi connectivity index (χ1) is 9.47. The zero-order valence-corrected chi connectivity index (χ0v) is 10.7. The molecule has 20 heavy (non-hydrogen) atoms. The second-order valence-corrected chi connectivity index (χ2v) is 4.21. The van der Waals surface area contributed by atoms with Crippen LogP contribution in [0.5, 0.6) is 11.5 Å². The first-order valence-electron chi connectivity index (χ1n) is 5.42. The number of halogens is 1. The maximum Gasteiger partial charge on any atom is 0.335 e. The molecule has 0 saturated carbocycles. The Bertz CT molecular complexity index is 669. The number of carboxylic acids is 1. The van der Waals surface area contributed by atoms with Crippen molar-refractivity contribution in [2.24, 2.45) is 0 Å². The molecule has 0 heterocycles. The fraction of sp³-hybridized carbons (Fsp3) is 0. The molecule has 2 aromatic carbocycles. The van der Waals surface area contributed by atoms with Crippen LogP contribution < -0.4 is 4.74 Å². The van der Waals surface area contributed by atoms with Gasteiger partial charge in [0.1, 0.15) is 11.5 Å². The van der Waals surface area contributed by atoms with Crippen LogP contribution >= 0.6 is 11.6 Å². The number of hydrogen-bond donors (Lipinski definition) is 1. The molecule has 0 unspecified atom stereocenters. The van der Waals surface area contributed by atoms with Crippen molar-refractivity contribution in [3.05, 3.63) is 63.2 Å². The Morgan fingerprint density at radius 3 is 2.40 bits per heavy atom. The maximum atomic E-state index is 10.9. The summed E-state index contributed by atoms with van der Waals surface area (Å²) in [5, 5.41) is 19.7. The lowest BCUT2D eigenvalue weighted by Crippen LogP contribution is -1.96. The second-order valence-electron chi connectivity index (χ2n) is 3.80. The number of nitro benzene ring substituents is 1. The number of carbonyl (C=O) groups is 1. The van der Waals surface area contributed by atoms with Crippen molar-refractivity contribution in [3.8, 4) is 11.5 Å². The number of nitrogens with zero attached hydrogens (tertiary/aromatic N) is 1. The van der Waals surface area contributed by atoms with Crippen LogP contribution in [-0.4, -0.2) is 16.0 Å². The van der Waals surface area contributed by atoms with Crippen LogP contribution in [0.25, 0.3) is 0 Å². The SMILES string of the molecule is O=C(O)c1ccc(Cl)c(Oc2ccc([N+](=O)[O-])cc2)c1. The number of benzene rings is 2. The maximum absolute atomic E-state index is 10.9. The zero-order chi connectivity index (χ0) is 14.7. The molecule has 0 aromatic heterocycles. The van der Waals surface area contributed by atoms with Gasteiger partial charge >= 0.3 is 5.97 Å². The van der Waals surface area contributed by atoms with Gasteiger partial charge in [-0.15, -0.1) is 0 Å². The second kappa shape index (κ2) is 5.58. The van der Waals surface area contributed by atoms with Crippen molar-refractivity contribution in [2.45, 2.75) is 0 Å². The summed E-state index contributed by atoms with van der Waals surface area (Å²) in [6.45, 7) is 0. The van der Waals surface area contributed by atoms with Crippen molar-refractivity contribution in [3.63, 3.8) is 0 Å². The van der Waals surface area contributed by atoms with Gasteiger partial charge in [-0.3, -0.25) is 10.1 Å². The molecule has 1 N–H and O–H groups in total. The van der Waals surface area contributed by atoms with Gasteiger partial charge in [0.25, 0.3) is 5.69 Å². The van der Waals surface area contributed by atoms with E-state index < -0.39 is 10.9 Å². The third kappa shape index (κ3) is 3.04. The molecule has 0 radical (unpaired) electrons. The van der Waals surface area contributed by atoms with Gasteiger partial charge in [-0.05, 0) is 30.3 Å². The molecule has 0 amide bonds. The van der Waals surface area contributed by atoms with E-state index in [-0.39, 0.29) is 22.0 Å². The highest BCUT2D eigenvalue weighted by molar-refractivity contribution is 6.32. The van der Waals surface area contributed by atoms with E-state index in [0.29, 0.717) is 5.75 Å². The van der Waals surface area contributed by atoms with Crippen molar-refractivity contribution >= 4 is 23.3 Å². The molecule has 0 spiro atoms. The summed E-state index contributed by atoms with van der Waals surface area (Å²) in [5.74, 6) is -0.615. The molecule has 0 atom stereocenters. The average molecular weight is 294 g/mol. The van der Waals surface area contributed by atoms with E-state index >= 15 is 0 Å². The summed E-state index contributed by atoms with van der Waals surface area (Å²) in [7, 11) is 0. The number of rotatable bonds is 4. The molecular formula is C13H8ClNO5. The summed E-state index contributed by atoms with van der Waals surface area (Å²) in [4.78, 5) is 20.9. The topological polar surface area (TPSA) is 89.7 Å². The summed E-state index contributed by atoms with van der Waals surface area (Å²) >= 11 is 5.91. The third-order valence-corrected chi connectivity index (χ3v) is 2.77. The highest BCUT2D eigenvalue weighted by Gasteiger charge is 2.10. The van der Waals surface area contributed by atoms with Crippen LogP contribution in [0.2, 0.25) is 5.02 Å². The molecule has 2 rings (SSSR count). The van der Waals surface area contributed by atoms with E-state index in [0.717, 1.165) is 0 Å². The lowest BCUT2D eigenvalue weighted by molar-refractivity contribution is -0.384. The molecule has 0 bridgehead atoms. The fourth-order valence-electron chi connectivity index (χ4n) is 1.48. The van der Waals surface area contributed by atoms with Gasteiger partial charge in [0.15, 0.2) is 0 Å². The molecule has 0 saturated heterocycles. The molecule has 6 nitrogen and oxygen atoms in total. The predicted octanol–water partition coefficient (Wildman–Crippen LogP) is 3.74. The van der Waals surface area contributed by atoms with E-state index in [4.69, 9.17) is 21.4 Å². The fourth-order valence-corrected chi connectivity index (χ4v) is 1.63. The van der Waals surface area contributed by atoms with Crippen LogP contribution in [0.4, 0.5) is 5.69 Å². The lowest BCUT2D eigenvalue weighted by Gasteiger charge is -2.08. The largest absolute Gasteiger partial charge is 0.478 e. The Kier molecular flexibility index (Phi) is 3.86. The van der Waals surface area contributed by atoms with Crippen LogP contribution in [0.1, 0.15) is 10.4 Å². The lowest BCUT2D eigenvalue weighted by atomic mass is 10.2.